The van der Waals surface area contributed by atoms with Crippen molar-refractivity contribution in [2.45, 2.75) is 0 Å². The second-order valence-electron chi connectivity index (χ2n) is 2.82. The number of hydrogen-bond acceptors (Lipinski definition) is 4. The molecule has 5 heteroatoms. The predicted octanol–water partition coefficient (Wildman–Crippen LogP) is 1.39. The number of carbonyl (C=O) groups is 1. The van der Waals surface area contributed by atoms with E-state index in [1.54, 1.807) is 18.2 Å². The minimum absolute atomic E-state index is 0.243. The number of benzene rings is 1. The van der Waals surface area contributed by atoms with Gasteiger partial charge in [-0.3, -0.25) is 0 Å². The van der Waals surface area contributed by atoms with E-state index in [4.69, 9.17) is 19.3 Å². The first-order chi connectivity index (χ1) is 7.20. The Balaban J connectivity index is 2.30. The summed E-state index contributed by atoms with van der Waals surface area (Å²) in [6.45, 7) is 0. The summed E-state index contributed by atoms with van der Waals surface area (Å²) in [7, 11) is 1.53. The van der Waals surface area contributed by atoms with Crippen molar-refractivity contribution in [3.8, 4) is 17.2 Å². The van der Waals surface area contributed by atoms with E-state index in [2.05, 4.69) is 0 Å². The third-order valence-electron chi connectivity index (χ3n) is 1.87. The van der Waals surface area contributed by atoms with Gasteiger partial charge in [0.2, 0.25) is 5.76 Å². The average Bonchev–Trinajstić information content (AvgIpc) is 2.27. The zero-order chi connectivity index (χ0) is 10.8. The number of carboxylic acids is 1. The van der Waals surface area contributed by atoms with Crippen LogP contribution >= 0.6 is 0 Å². The van der Waals surface area contributed by atoms with Crippen LogP contribution in [0.25, 0.3) is 0 Å². The quantitative estimate of drug-likeness (QED) is 0.795. The summed E-state index contributed by atoms with van der Waals surface area (Å²) in [5.41, 5.74) is 0. The zero-order valence-electron chi connectivity index (χ0n) is 7.89. The fourth-order valence-electron chi connectivity index (χ4n) is 1.15. The molecule has 0 aromatic heterocycles. The number of hydrogen-bond donors (Lipinski definition) is 1. The van der Waals surface area contributed by atoms with Crippen LogP contribution in [0.15, 0.2) is 30.2 Å². The molecule has 0 saturated heterocycles. The topological polar surface area (TPSA) is 65.0 Å². The molecule has 1 N–H and O–H groups in total. The summed E-state index contributed by atoms with van der Waals surface area (Å²) in [5, 5.41) is 8.67. The number of carboxylic acid groups (broad SMARTS) is 1. The minimum atomic E-state index is -1.17. The first-order valence-corrected chi connectivity index (χ1v) is 4.16. The highest BCUT2D eigenvalue weighted by Gasteiger charge is 2.19. The summed E-state index contributed by atoms with van der Waals surface area (Å²) in [6, 6.07) is 4.86. The Labute approximate surface area is 85.5 Å². The summed E-state index contributed by atoms with van der Waals surface area (Å²) in [6.07, 6.45) is 1.05. The summed E-state index contributed by atoms with van der Waals surface area (Å²) < 4.78 is 15.1. The maximum Gasteiger partial charge on any atom is 0.375 e. The molecule has 2 rings (SSSR count). The minimum Gasteiger partial charge on any atom is -0.497 e. The molecule has 0 spiro atoms. The van der Waals surface area contributed by atoms with Crippen molar-refractivity contribution in [2.24, 2.45) is 0 Å². The summed E-state index contributed by atoms with van der Waals surface area (Å²) >= 11 is 0. The molecule has 0 amide bonds. The van der Waals surface area contributed by atoms with Crippen molar-refractivity contribution in [1.29, 1.82) is 0 Å². The Bertz CT molecular complexity index is 435. The van der Waals surface area contributed by atoms with Crippen LogP contribution in [0.1, 0.15) is 0 Å². The molecule has 0 fully saturated rings. The molecule has 0 atom stereocenters. The summed E-state index contributed by atoms with van der Waals surface area (Å²) in [5.74, 6) is -0.0105. The zero-order valence-corrected chi connectivity index (χ0v) is 7.89. The van der Waals surface area contributed by atoms with Crippen molar-refractivity contribution < 1.29 is 24.1 Å². The number of aliphatic carboxylic acids is 1. The Morgan fingerprint density at radius 3 is 2.87 bits per heavy atom. The van der Waals surface area contributed by atoms with Gasteiger partial charge in [-0.15, -0.1) is 0 Å². The molecule has 15 heavy (non-hydrogen) atoms. The number of methoxy groups -OCH3 is 1. The van der Waals surface area contributed by atoms with Gasteiger partial charge in [0.1, 0.15) is 12.0 Å². The van der Waals surface area contributed by atoms with Crippen LogP contribution in [0, 0.1) is 0 Å². The molecule has 0 aliphatic carbocycles. The van der Waals surface area contributed by atoms with Gasteiger partial charge in [0, 0.05) is 6.07 Å². The molecule has 0 saturated carbocycles. The largest absolute Gasteiger partial charge is 0.497 e. The molecule has 0 bridgehead atoms. The van der Waals surface area contributed by atoms with E-state index >= 15 is 0 Å². The Morgan fingerprint density at radius 1 is 1.40 bits per heavy atom. The van der Waals surface area contributed by atoms with Crippen LogP contribution in [0.5, 0.6) is 17.2 Å². The lowest BCUT2D eigenvalue weighted by atomic mass is 10.3. The van der Waals surface area contributed by atoms with Gasteiger partial charge in [0.05, 0.1) is 7.11 Å². The van der Waals surface area contributed by atoms with E-state index in [0.29, 0.717) is 17.2 Å². The Morgan fingerprint density at radius 2 is 2.20 bits per heavy atom. The lowest BCUT2D eigenvalue weighted by Gasteiger charge is -2.16. The SMILES string of the molecule is COc1ccc2c(c1)OC=C(C(=O)O)O2. The Hall–Kier alpha value is -2.17. The molecule has 0 unspecified atom stereocenters. The molecular formula is C10H8O5. The fourth-order valence-corrected chi connectivity index (χ4v) is 1.15. The highest BCUT2D eigenvalue weighted by atomic mass is 16.6. The second-order valence-corrected chi connectivity index (χ2v) is 2.82. The molecule has 78 valence electrons. The van der Waals surface area contributed by atoms with Gasteiger partial charge in [-0.1, -0.05) is 0 Å². The van der Waals surface area contributed by atoms with Gasteiger partial charge in [-0.25, -0.2) is 4.79 Å². The van der Waals surface area contributed by atoms with Crippen molar-refractivity contribution in [3.63, 3.8) is 0 Å². The maximum absolute atomic E-state index is 10.6. The molecule has 1 heterocycles. The van der Waals surface area contributed by atoms with Gasteiger partial charge >= 0.3 is 5.97 Å². The van der Waals surface area contributed by atoms with E-state index in [1.807, 2.05) is 0 Å². The molecule has 1 aliphatic rings. The molecule has 1 aliphatic heterocycles. The van der Waals surface area contributed by atoms with E-state index in [9.17, 15) is 4.79 Å². The van der Waals surface area contributed by atoms with Gasteiger partial charge in [-0.2, -0.15) is 0 Å². The summed E-state index contributed by atoms with van der Waals surface area (Å²) in [4.78, 5) is 10.6. The molecule has 5 nitrogen and oxygen atoms in total. The van der Waals surface area contributed by atoms with Crippen LogP contribution < -0.4 is 14.2 Å². The van der Waals surface area contributed by atoms with Gasteiger partial charge < -0.3 is 19.3 Å². The van der Waals surface area contributed by atoms with Crippen LogP contribution in [0.3, 0.4) is 0 Å². The van der Waals surface area contributed by atoms with Crippen molar-refractivity contribution in [2.75, 3.05) is 7.11 Å². The lowest BCUT2D eigenvalue weighted by molar-refractivity contribution is -0.135. The molecule has 1 aromatic rings. The standard InChI is InChI=1S/C10H8O5/c1-13-6-2-3-7-8(4-6)14-5-9(15-7)10(11)12/h2-5H,1H3,(H,11,12). The molecular weight excluding hydrogens is 200 g/mol. The van der Waals surface area contributed by atoms with Gasteiger partial charge in [0.25, 0.3) is 0 Å². The highest BCUT2D eigenvalue weighted by molar-refractivity contribution is 5.85. The van der Waals surface area contributed by atoms with Crippen molar-refractivity contribution in [1.82, 2.24) is 0 Å². The predicted molar refractivity (Wildman–Crippen MR) is 50.0 cm³/mol. The van der Waals surface area contributed by atoms with E-state index in [0.717, 1.165) is 6.26 Å². The van der Waals surface area contributed by atoms with Crippen LogP contribution in [0.2, 0.25) is 0 Å². The third kappa shape index (κ3) is 1.71. The first-order valence-electron chi connectivity index (χ1n) is 4.16. The second kappa shape index (κ2) is 3.53. The number of fused-ring (bicyclic) bond motifs is 1. The number of rotatable bonds is 2. The molecule has 0 radical (unpaired) electrons. The van der Waals surface area contributed by atoms with Crippen LogP contribution in [-0.2, 0) is 4.79 Å². The average molecular weight is 208 g/mol. The van der Waals surface area contributed by atoms with E-state index in [1.165, 1.54) is 7.11 Å². The van der Waals surface area contributed by atoms with E-state index < -0.39 is 5.97 Å². The van der Waals surface area contributed by atoms with Crippen molar-refractivity contribution >= 4 is 5.97 Å². The van der Waals surface area contributed by atoms with Crippen LogP contribution in [-0.4, -0.2) is 18.2 Å². The van der Waals surface area contributed by atoms with Gasteiger partial charge in [0.15, 0.2) is 11.5 Å². The monoisotopic (exact) mass is 208 g/mol. The van der Waals surface area contributed by atoms with Gasteiger partial charge in [-0.05, 0) is 12.1 Å². The third-order valence-corrected chi connectivity index (χ3v) is 1.87. The lowest BCUT2D eigenvalue weighted by Crippen LogP contribution is -2.13. The first kappa shape index (κ1) is 9.39. The molecule has 1 aromatic carbocycles. The maximum atomic E-state index is 10.6. The fraction of sp³-hybridized carbons (Fsp3) is 0.100. The number of ether oxygens (including phenoxy) is 3. The Kier molecular flexibility index (Phi) is 2.21. The van der Waals surface area contributed by atoms with Crippen molar-refractivity contribution in [3.05, 3.63) is 30.2 Å². The highest BCUT2D eigenvalue weighted by Crippen LogP contribution is 2.35. The van der Waals surface area contributed by atoms with Crippen LogP contribution in [0.4, 0.5) is 0 Å². The van der Waals surface area contributed by atoms with E-state index in [-0.39, 0.29) is 5.76 Å². The smallest absolute Gasteiger partial charge is 0.375 e. The normalized spacial score (nSPS) is 13.0.